The van der Waals surface area contributed by atoms with Gasteiger partial charge in [0.1, 0.15) is 0 Å². The molecule has 0 saturated heterocycles. The molecule has 148 valence electrons. The summed E-state index contributed by atoms with van der Waals surface area (Å²) in [5, 5.41) is 5.83. The van der Waals surface area contributed by atoms with Crippen LogP contribution in [0.4, 0.5) is 33.2 Å². The monoisotopic (exact) mass is 430 g/mol. The van der Waals surface area contributed by atoms with E-state index in [4.69, 9.17) is 0 Å². The molecule has 3 N–H and O–H groups in total. The minimum atomic E-state index is -3.50. The molecular formula is C18H15FN6O2S2. The maximum atomic E-state index is 14.3. The number of nitrogens with zero attached hydrogens (tertiary/aromatic N) is 3. The molecule has 2 aromatic carbocycles. The third kappa shape index (κ3) is 4.58. The number of halogens is 1. The van der Waals surface area contributed by atoms with Crippen LogP contribution in [-0.2, 0) is 10.0 Å². The van der Waals surface area contributed by atoms with Crippen molar-refractivity contribution in [3.63, 3.8) is 0 Å². The van der Waals surface area contributed by atoms with Crippen LogP contribution in [0, 0.1) is 5.82 Å². The summed E-state index contributed by atoms with van der Waals surface area (Å²) in [7, 11) is -3.50. The number of thiazole rings is 1. The fraction of sp³-hybridized carbons (Fsp3) is 0.0556. The first kappa shape index (κ1) is 19.0. The van der Waals surface area contributed by atoms with Gasteiger partial charge in [-0.2, -0.15) is 4.98 Å². The van der Waals surface area contributed by atoms with Gasteiger partial charge in [0.15, 0.2) is 11.6 Å². The van der Waals surface area contributed by atoms with E-state index < -0.39 is 15.8 Å². The van der Waals surface area contributed by atoms with Gasteiger partial charge in [0.25, 0.3) is 0 Å². The third-order valence-corrected chi connectivity index (χ3v) is 5.21. The third-order valence-electron chi connectivity index (χ3n) is 3.81. The zero-order chi connectivity index (χ0) is 20.4. The highest BCUT2D eigenvalue weighted by Crippen LogP contribution is 2.28. The lowest BCUT2D eigenvalue weighted by molar-refractivity contribution is 0.607. The van der Waals surface area contributed by atoms with Crippen LogP contribution in [0.25, 0.3) is 10.2 Å². The number of fused-ring (bicyclic) bond motifs is 1. The SMILES string of the molecule is CS(=O)(=O)Nc1ccccc1Nc1nc(Nc2ccc3scnc3c2)ncc1F. The van der Waals surface area contributed by atoms with Crippen molar-refractivity contribution < 1.29 is 12.8 Å². The molecule has 2 aromatic heterocycles. The predicted molar refractivity (Wildman–Crippen MR) is 113 cm³/mol. The Morgan fingerprint density at radius 1 is 1.03 bits per heavy atom. The predicted octanol–water partition coefficient (Wildman–Crippen LogP) is 4.08. The first-order valence-corrected chi connectivity index (χ1v) is 11.1. The van der Waals surface area contributed by atoms with E-state index >= 15 is 0 Å². The minimum Gasteiger partial charge on any atom is -0.336 e. The Labute approximate surface area is 169 Å². The maximum Gasteiger partial charge on any atom is 0.229 e. The molecule has 0 aliphatic heterocycles. The quantitative estimate of drug-likeness (QED) is 0.423. The molecule has 0 radical (unpaired) electrons. The summed E-state index contributed by atoms with van der Waals surface area (Å²) in [6.45, 7) is 0. The van der Waals surface area contributed by atoms with E-state index in [0.717, 1.165) is 22.7 Å². The molecule has 0 fully saturated rings. The molecule has 8 nitrogen and oxygen atoms in total. The minimum absolute atomic E-state index is 0.0972. The van der Waals surface area contributed by atoms with E-state index in [1.807, 2.05) is 18.2 Å². The van der Waals surface area contributed by atoms with E-state index in [9.17, 15) is 12.8 Å². The maximum absolute atomic E-state index is 14.3. The molecular weight excluding hydrogens is 415 g/mol. The van der Waals surface area contributed by atoms with E-state index in [1.165, 1.54) is 11.3 Å². The fourth-order valence-electron chi connectivity index (χ4n) is 2.59. The van der Waals surface area contributed by atoms with E-state index in [1.54, 1.807) is 29.8 Å². The van der Waals surface area contributed by atoms with Crippen molar-refractivity contribution in [3.8, 4) is 0 Å². The van der Waals surface area contributed by atoms with Crippen molar-refractivity contribution in [1.82, 2.24) is 15.0 Å². The van der Waals surface area contributed by atoms with Crippen molar-refractivity contribution in [3.05, 3.63) is 60.0 Å². The van der Waals surface area contributed by atoms with E-state index in [-0.39, 0.29) is 17.5 Å². The second kappa shape index (κ2) is 7.60. The molecule has 0 atom stereocenters. The molecule has 0 unspecified atom stereocenters. The summed E-state index contributed by atoms with van der Waals surface area (Å²) in [5.74, 6) is -0.600. The number of nitrogens with one attached hydrogen (secondary N) is 3. The Hall–Kier alpha value is -3.31. The van der Waals surface area contributed by atoms with Crippen LogP contribution in [0.2, 0.25) is 0 Å². The van der Waals surface area contributed by atoms with Gasteiger partial charge in [0.2, 0.25) is 16.0 Å². The number of hydrogen-bond acceptors (Lipinski definition) is 8. The number of anilines is 5. The van der Waals surface area contributed by atoms with Crippen molar-refractivity contribution >= 4 is 60.4 Å². The van der Waals surface area contributed by atoms with Crippen molar-refractivity contribution in [2.75, 3.05) is 21.6 Å². The standard InChI is InChI=1S/C18H15FN6O2S2/c1-29(26,27)25-14-5-3-2-4-13(14)23-17-12(19)9-20-18(24-17)22-11-6-7-16-15(8-11)21-10-28-16/h2-10,25H,1H3,(H2,20,22,23,24). The summed E-state index contributed by atoms with van der Waals surface area (Å²) in [4.78, 5) is 12.4. The van der Waals surface area contributed by atoms with Gasteiger partial charge in [0.05, 0.1) is 39.6 Å². The van der Waals surface area contributed by atoms with Gasteiger partial charge in [-0.25, -0.2) is 22.8 Å². The average molecular weight is 430 g/mol. The molecule has 4 rings (SSSR count). The van der Waals surface area contributed by atoms with Gasteiger partial charge in [-0.3, -0.25) is 4.72 Å². The lowest BCUT2D eigenvalue weighted by atomic mass is 10.2. The highest BCUT2D eigenvalue weighted by Gasteiger charge is 2.12. The second-order valence-electron chi connectivity index (χ2n) is 6.09. The van der Waals surface area contributed by atoms with Crippen LogP contribution in [-0.4, -0.2) is 29.6 Å². The molecule has 0 amide bonds. The number of benzene rings is 2. The summed E-state index contributed by atoms with van der Waals surface area (Å²) < 4.78 is 40.8. The second-order valence-corrected chi connectivity index (χ2v) is 8.73. The van der Waals surface area contributed by atoms with Crippen LogP contribution < -0.4 is 15.4 Å². The molecule has 2 heterocycles. The van der Waals surface area contributed by atoms with Crippen LogP contribution in [0.3, 0.4) is 0 Å². The van der Waals surface area contributed by atoms with Crippen molar-refractivity contribution in [2.24, 2.45) is 0 Å². The van der Waals surface area contributed by atoms with Gasteiger partial charge in [-0.15, -0.1) is 11.3 Å². The molecule has 0 bridgehead atoms. The first-order valence-electron chi connectivity index (χ1n) is 8.34. The average Bonchev–Trinajstić information content (AvgIpc) is 3.13. The molecule has 4 aromatic rings. The molecule has 0 aliphatic carbocycles. The van der Waals surface area contributed by atoms with Gasteiger partial charge in [-0.1, -0.05) is 12.1 Å². The zero-order valence-corrected chi connectivity index (χ0v) is 16.7. The molecule has 0 saturated carbocycles. The highest BCUT2D eigenvalue weighted by atomic mass is 32.2. The van der Waals surface area contributed by atoms with E-state index in [2.05, 4.69) is 30.3 Å². The molecule has 11 heteroatoms. The Bertz CT molecular complexity index is 1290. The Morgan fingerprint density at radius 3 is 2.62 bits per heavy atom. The number of sulfonamides is 1. The van der Waals surface area contributed by atoms with Gasteiger partial charge < -0.3 is 10.6 Å². The molecule has 0 aliphatic rings. The normalized spacial score (nSPS) is 11.4. The zero-order valence-electron chi connectivity index (χ0n) is 15.0. The number of para-hydroxylation sites is 2. The van der Waals surface area contributed by atoms with Crippen molar-refractivity contribution in [2.45, 2.75) is 0 Å². The lowest BCUT2D eigenvalue weighted by Crippen LogP contribution is -2.11. The van der Waals surface area contributed by atoms with Crippen LogP contribution in [0.15, 0.2) is 54.2 Å². The largest absolute Gasteiger partial charge is 0.336 e. The fourth-order valence-corrected chi connectivity index (χ4v) is 3.82. The van der Waals surface area contributed by atoms with Gasteiger partial charge in [0, 0.05) is 5.69 Å². The smallest absolute Gasteiger partial charge is 0.229 e. The summed E-state index contributed by atoms with van der Waals surface area (Å²) in [5.41, 5.74) is 3.93. The Balaban J connectivity index is 1.61. The lowest BCUT2D eigenvalue weighted by Gasteiger charge is -2.13. The first-order chi connectivity index (χ1) is 13.9. The number of hydrogen-bond donors (Lipinski definition) is 3. The van der Waals surface area contributed by atoms with E-state index in [0.29, 0.717) is 11.4 Å². The topological polar surface area (TPSA) is 109 Å². The Morgan fingerprint density at radius 2 is 1.83 bits per heavy atom. The van der Waals surface area contributed by atoms with Gasteiger partial charge >= 0.3 is 0 Å². The molecule has 0 spiro atoms. The van der Waals surface area contributed by atoms with Crippen molar-refractivity contribution in [1.29, 1.82) is 0 Å². The van der Waals surface area contributed by atoms with Gasteiger partial charge in [-0.05, 0) is 30.3 Å². The summed E-state index contributed by atoms with van der Waals surface area (Å²) >= 11 is 1.53. The summed E-state index contributed by atoms with van der Waals surface area (Å²) in [6.07, 6.45) is 2.07. The number of aromatic nitrogens is 3. The number of rotatable bonds is 6. The van der Waals surface area contributed by atoms with Crippen LogP contribution >= 0.6 is 11.3 Å². The summed E-state index contributed by atoms with van der Waals surface area (Å²) in [6, 6.07) is 12.1. The Kier molecular flexibility index (Phi) is 4.99. The molecule has 29 heavy (non-hydrogen) atoms. The van der Waals surface area contributed by atoms with Crippen LogP contribution in [0.1, 0.15) is 0 Å². The highest BCUT2D eigenvalue weighted by molar-refractivity contribution is 7.92. The van der Waals surface area contributed by atoms with Crippen LogP contribution in [0.5, 0.6) is 0 Å².